The van der Waals surface area contributed by atoms with Crippen LogP contribution in [0.5, 0.6) is 0 Å². The number of aromatic nitrogens is 4. The van der Waals surface area contributed by atoms with E-state index in [1.165, 1.54) is 11.8 Å². The summed E-state index contributed by atoms with van der Waals surface area (Å²) in [6, 6.07) is 0. The average molecular weight is 377 g/mol. The van der Waals surface area contributed by atoms with E-state index >= 15 is 0 Å². The molecule has 9 heteroatoms. The van der Waals surface area contributed by atoms with Gasteiger partial charge in [0.25, 0.3) is 5.78 Å². The average Bonchev–Trinajstić information content (AvgIpc) is 3.26. The Balaban J connectivity index is 1.51. The minimum atomic E-state index is -0.460. The number of hydrogen-bond acceptors (Lipinski definition) is 7. The van der Waals surface area contributed by atoms with Gasteiger partial charge >= 0.3 is 0 Å². The van der Waals surface area contributed by atoms with E-state index in [1.54, 1.807) is 4.52 Å². The molecule has 0 aromatic carbocycles. The van der Waals surface area contributed by atoms with Crippen molar-refractivity contribution in [1.29, 1.82) is 0 Å². The Morgan fingerprint density at radius 1 is 1.19 bits per heavy atom. The van der Waals surface area contributed by atoms with Gasteiger partial charge in [-0.25, -0.2) is 9.50 Å². The van der Waals surface area contributed by atoms with Crippen LogP contribution in [0.2, 0.25) is 0 Å². The van der Waals surface area contributed by atoms with Crippen LogP contribution in [0.4, 0.5) is 0 Å². The maximum atomic E-state index is 12.8. The highest BCUT2D eigenvalue weighted by Crippen LogP contribution is 2.31. The van der Waals surface area contributed by atoms with E-state index in [2.05, 4.69) is 15.1 Å². The maximum absolute atomic E-state index is 12.8. The Kier molecular flexibility index (Phi) is 4.62. The molecule has 4 heterocycles. The lowest BCUT2D eigenvalue weighted by molar-refractivity contribution is -0.187. The van der Waals surface area contributed by atoms with Crippen LogP contribution >= 0.6 is 11.8 Å². The van der Waals surface area contributed by atoms with E-state index in [1.807, 2.05) is 25.0 Å². The molecule has 2 aromatic heterocycles. The first-order valence-electron chi connectivity index (χ1n) is 8.84. The highest BCUT2D eigenvalue weighted by Gasteiger charge is 2.40. The first-order chi connectivity index (χ1) is 12.5. The number of amides is 1. The molecule has 0 saturated carbocycles. The summed E-state index contributed by atoms with van der Waals surface area (Å²) in [7, 11) is 0. The Hall–Kier alpha value is -1.71. The highest BCUT2D eigenvalue weighted by molar-refractivity contribution is 7.98. The van der Waals surface area contributed by atoms with Crippen molar-refractivity contribution in [3.05, 3.63) is 17.0 Å². The van der Waals surface area contributed by atoms with Crippen molar-refractivity contribution in [3.8, 4) is 0 Å². The third kappa shape index (κ3) is 3.08. The highest BCUT2D eigenvalue weighted by atomic mass is 32.2. The summed E-state index contributed by atoms with van der Waals surface area (Å²) in [5.41, 5.74) is 2.68. The van der Waals surface area contributed by atoms with Crippen LogP contribution in [-0.4, -0.2) is 68.7 Å². The number of aryl methyl sites for hydroxylation is 2. The summed E-state index contributed by atoms with van der Waals surface area (Å²) >= 11 is 1.48. The smallest absolute Gasteiger partial charge is 0.253 e. The van der Waals surface area contributed by atoms with Gasteiger partial charge in [-0.1, -0.05) is 11.8 Å². The van der Waals surface area contributed by atoms with Crippen LogP contribution in [0.3, 0.4) is 0 Å². The molecule has 2 aliphatic rings. The van der Waals surface area contributed by atoms with Crippen LogP contribution in [0.1, 0.15) is 29.8 Å². The fourth-order valence-electron chi connectivity index (χ4n) is 3.68. The number of thioether (sulfide) groups is 1. The summed E-state index contributed by atoms with van der Waals surface area (Å²) in [6.45, 7) is 6.50. The Labute approximate surface area is 156 Å². The number of carbonyl (C=O) groups is 1. The van der Waals surface area contributed by atoms with Crippen molar-refractivity contribution in [2.24, 2.45) is 0 Å². The Morgan fingerprint density at radius 3 is 2.54 bits per heavy atom. The SMILES string of the molecule is CSc1nc2nc(C)c(CC(=O)N3CCC4(CC3)OCCO4)c(C)n2n1. The first-order valence-corrected chi connectivity index (χ1v) is 10.1. The number of piperidine rings is 1. The van der Waals surface area contributed by atoms with Crippen LogP contribution < -0.4 is 0 Å². The van der Waals surface area contributed by atoms with Gasteiger partial charge in [0, 0.05) is 42.9 Å². The van der Waals surface area contributed by atoms with E-state index in [0.29, 0.717) is 43.7 Å². The zero-order chi connectivity index (χ0) is 18.3. The lowest BCUT2D eigenvalue weighted by Gasteiger charge is -2.37. The predicted molar refractivity (Wildman–Crippen MR) is 96.2 cm³/mol. The van der Waals surface area contributed by atoms with E-state index < -0.39 is 5.79 Å². The van der Waals surface area contributed by atoms with Gasteiger partial charge in [0.15, 0.2) is 5.79 Å². The molecule has 2 aliphatic heterocycles. The van der Waals surface area contributed by atoms with Gasteiger partial charge in [0.1, 0.15) is 0 Å². The van der Waals surface area contributed by atoms with Crippen molar-refractivity contribution in [3.63, 3.8) is 0 Å². The van der Waals surface area contributed by atoms with E-state index in [0.717, 1.165) is 29.8 Å². The fraction of sp³-hybridized carbons (Fsp3) is 0.647. The molecule has 26 heavy (non-hydrogen) atoms. The van der Waals surface area contributed by atoms with E-state index in [9.17, 15) is 4.79 Å². The van der Waals surface area contributed by atoms with Crippen molar-refractivity contribution in [2.75, 3.05) is 32.6 Å². The number of rotatable bonds is 3. The third-order valence-corrected chi connectivity index (χ3v) is 5.77. The molecule has 8 nitrogen and oxygen atoms in total. The van der Waals surface area contributed by atoms with E-state index in [-0.39, 0.29) is 5.91 Å². The van der Waals surface area contributed by atoms with Gasteiger partial charge < -0.3 is 14.4 Å². The Bertz CT molecular complexity index is 837. The maximum Gasteiger partial charge on any atom is 0.253 e. The Morgan fingerprint density at radius 2 is 1.88 bits per heavy atom. The fourth-order valence-corrected chi connectivity index (χ4v) is 4.01. The van der Waals surface area contributed by atoms with Gasteiger partial charge in [-0.3, -0.25) is 4.79 Å². The van der Waals surface area contributed by atoms with Gasteiger partial charge in [-0.2, -0.15) is 4.98 Å². The standard InChI is InChI=1S/C17H23N5O3S/c1-11-13(12(2)22-15(18-11)19-16(20-22)26-3)10-14(23)21-6-4-17(5-7-21)24-8-9-25-17/h4-10H2,1-3H3. The van der Waals surface area contributed by atoms with E-state index in [4.69, 9.17) is 9.47 Å². The molecule has 0 unspecified atom stereocenters. The lowest BCUT2D eigenvalue weighted by atomic mass is 10.0. The van der Waals surface area contributed by atoms with Gasteiger partial charge in [0.2, 0.25) is 11.1 Å². The second kappa shape index (κ2) is 6.79. The number of likely N-dealkylation sites (tertiary alicyclic amines) is 1. The molecule has 140 valence electrons. The van der Waals surface area contributed by atoms with Crippen LogP contribution in [0.25, 0.3) is 5.78 Å². The van der Waals surface area contributed by atoms with Crippen molar-refractivity contribution >= 4 is 23.4 Å². The number of hydrogen-bond donors (Lipinski definition) is 0. The molecular weight excluding hydrogens is 354 g/mol. The van der Waals surface area contributed by atoms with Crippen LogP contribution in [0, 0.1) is 13.8 Å². The summed E-state index contributed by atoms with van der Waals surface area (Å²) in [6.07, 6.45) is 3.72. The number of carbonyl (C=O) groups excluding carboxylic acids is 1. The zero-order valence-corrected chi connectivity index (χ0v) is 16.1. The van der Waals surface area contributed by atoms with Crippen LogP contribution in [-0.2, 0) is 20.7 Å². The molecule has 1 amide bonds. The second-order valence-electron chi connectivity index (χ2n) is 6.74. The van der Waals surface area contributed by atoms with Crippen molar-refractivity contribution in [1.82, 2.24) is 24.5 Å². The summed E-state index contributed by atoms with van der Waals surface area (Å²) in [5.74, 6) is 0.226. The largest absolute Gasteiger partial charge is 0.347 e. The quantitative estimate of drug-likeness (QED) is 0.747. The monoisotopic (exact) mass is 377 g/mol. The molecule has 0 atom stereocenters. The molecular formula is C17H23N5O3S. The zero-order valence-electron chi connectivity index (χ0n) is 15.3. The van der Waals surface area contributed by atoms with Gasteiger partial charge in [0.05, 0.1) is 19.6 Å². The molecule has 1 spiro atoms. The summed E-state index contributed by atoms with van der Waals surface area (Å²) in [5, 5.41) is 5.13. The molecule has 2 saturated heterocycles. The minimum Gasteiger partial charge on any atom is -0.347 e. The third-order valence-electron chi connectivity index (χ3n) is 5.23. The summed E-state index contributed by atoms with van der Waals surface area (Å²) < 4.78 is 13.2. The van der Waals surface area contributed by atoms with Crippen molar-refractivity contribution < 1.29 is 14.3 Å². The molecule has 0 bridgehead atoms. The molecule has 0 aliphatic carbocycles. The first kappa shape index (κ1) is 17.7. The van der Waals surface area contributed by atoms with Gasteiger partial charge in [-0.05, 0) is 20.1 Å². The molecule has 4 rings (SSSR count). The molecule has 2 aromatic rings. The number of ether oxygens (including phenoxy) is 2. The lowest BCUT2D eigenvalue weighted by Crippen LogP contribution is -2.47. The molecule has 2 fully saturated rings. The predicted octanol–water partition coefficient (Wildman–Crippen LogP) is 1.37. The normalized spacial score (nSPS) is 19.6. The van der Waals surface area contributed by atoms with Crippen LogP contribution in [0.15, 0.2) is 5.16 Å². The topological polar surface area (TPSA) is 81.9 Å². The van der Waals surface area contributed by atoms with Gasteiger partial charge in [-0.15, -0.1) is 5.10 Å². The van der Waals surface area contributed by atoms with Crippen molar-refractivity contribution in [2.45, 2.75) is 44.1 Å². The second-order valence-corrected chi connectivity index (χ2v) is 7.51. The molecule has 0 radical (unpaired) electrons. The molecule has 0 N–H and O–H groups in total. The minimum absolute atomic E-state index is 0.107. The summed E-state index contributed by atoms with van der Waals surface area (Å²) in [4.78, 5) is 23.6. The number of fused-ring (bicyclic) bond motifs is 1. The number of nitrogens with zero attached hydrogens (tertiary/aromatic N) is 5.